The van der Waals surface area contributed by atoms with Crippen molar-refractivity contribution < 1.29 is 14.3 Å². The smallest absolute Gasteiger partial charge is 0.340 e. The highest BCUT2D eigenvalue weighted by Gasteiger charge is 2.28. The molecule has 1 aliphatic rings. The second-order valence-corrected chi connectivity index (χ2v) is 6.99. The molecule has 1 aliphatic carbocycles. The van der Waals surface area contributed by atoms with Gasteiger partial charge in [-0.05, 0) is 36.5 Å². The number of esters is 1. The van der Waals surface area contributed by atoms with Crippen molar-refractivity contribution in [2.24, 2.45) is 11.8 Å². The van der Waals surface area contributed by atoms with Crippen LogP contribution in [0.4, 0.5) is 0 Å². The van der Waals surface area contributed by atoms with Crippen LogP contribution in [0.3, 0.4) is 0 Å². The van der Waals surface area contributed by atoms with Crippen LogP contribution in [0.1, 0.15) is 43.5 Å². The predicted molar refractivity (Wildman–Crippen MR) is 90.9 cm³/mol. The number of carbonyl (C=O) groups excluding carboxylic acids is 2. The minimum absolute atomic E-state index is 0.139. The van der Waals surface area contributed by atoms with E-state index >= 15 is 0 Å². The van der Waals surface area contributed by atoms with Crippen molar-refractivity contribution in [1.29, 1.82) is 0 Å². The van der Waals surface area contributed by atoms with Crippen LogP contribution in [0.2, 0.25) is 10.0 Å². The first kappa shape index (κ1) is 18.1. The molecule has 0 aromatic heterocycles. The largest absolute Gasteiger partial charge is 0.452 e. The van der Waals surface area contributed by atoms with Crippen LogP contribution < -0.4 is 5.32 Å². The molecule has 0 unspecified atom stereocenters. The number of carbonyl (C=O) groups is 2. The summed E-state index contributed by atoms with van der Waals surface area (Å²) in [5.74, 6) is 0.0628. The van der Waals surface area contributed by atoms with Gasteiger partial charge in [0.25, 0.3) is 5.91 Å². The third-order valence-electron chi connectivity index (χ3n) is 4.54. The van der Waals surface area contributed by atoms with Crippen molar-refractivity contribution in [3.05, 3.63) is 33.8 Å². The molecule has 1 aromatic carbocycles. The molecule has 0 bridgehead atoms. The normalized spacial score (nSPS) is 24.1. The fourth-order valence-electron chi connectivity index (χ4n) is 2.90. The molecule has 0 aliphatic heterocycles. The molecule has 1 N–H and O–H groups in total. The molecule has 0 spiro atoms. The number of halogens is 2. The Morgan fingerprint density at radius 3 is 2.74 bits per heavy atom. The van der Waals surface area contributed by atoms with Crippen molar-refractivity contribution in [2.75, 3.05) is 6.61 Å². The first-order valence-corrected chi connectivity index (χ1v) is 8.55. The molecule has 126 valence electrons. The second-order valence-electron chi connectivity index (χ2n) is 6.14. The topological polar surface area (TPSA) is 55.4 Å². The van der Waals surface area contributed by atoms with Gasteiger partial charge in [0.15, 0.2) is 6.61 Å². The van der Waals surface area contributed by atoms with Gasteiger partial charge in [-0.2, -0.15) is 0 Å². The number of amides is 1. The minimum Gasteiger partial charge on any atom is -0.452 e. The van der Waals surface area contributed by atoms with Crippen LogP contribution in [0.25, 0.3) is 0 Å². The molecule has 1 fully saturated rings. The number of benzene rings is 1. The molecule has 0 heterocycles. The molecule has 0 saturated heterocycles. The third kappa shape index (κ3) is 4.85. The third-order valence-corrected chi connectivity index (χ3v) is 5.10. The molecule has 4 nitrogen and oxygen atoms in total. The van der Waals surface area contributed by atoms with Gasteiger partial charge in [0.1, 0.15) is 0 Å². The highest BCUT2D eigenvalue weighted by molar-refractivity contribution is 6.35. The quantitative estimate of drug-likeness (QED) is 0.825. The maximum atomic E-state index is 12.0. The Balaban J connectivity index is 1.86. The van der Waals surface area contributed by atoms with E-state index in [0.717, 1.165) is 12.8 Å². The zero-order chi connectivity index (χ0) is 17.0. The predicted octanol–water partition coefficient (Wildman–Crippen LogP) is 4.09. The molecule has 1 aromatic rings. The fourth-order valence-corrected chi connectivity index (χ4v) is 3.26. The number of rotatable bonds is 4. The fraction of sp³-hybridized carbons (Fsp3) is 0.529. The van der Waals surface area contributed by atoms with Gasteiger partial charge >= 0.3 is 5.97 Å². The van der Waals surface area contributed by atoms with E-state index < -0.39 is 5.97 Å². The maximum absolute atomic E-state index is 12.0. The molecule has 3 atom stereocenters. The van der Waals surface area contributed by atoms with Gasteiger partial charge in [-0.15, -0.1) is 0 Å². The van der Waals surface area contributed by atoms with Gasteiger partial charge in [0.05, 0.1) is 10.6 Å². The second kappa shape index (κ2) is 8.02. The molecule has 6 heteroatoms. The van der Waals surface area contributed by atoms with E-state index in [9.17, 15) is 9.59 Å². The van der Waals surface area contributed by atoms with Crippen molar-refractivity contribution in [3.8, 4) is 0 Å². The first-order valence-electron chi connectivity index (χ1n) is 7.80. The Kier molecular flexibility index (Phi) is 6.31. The molecular formula is C17H21Cl2NO3. The van der Waals surface area contributed by atoms with E-state index in [4.69, 9.17) is 27.9 Å². The lowest BCUT2D eigenvalue weighted by Crippen LogP contribution is -2.45. The van der Waals surface area contributed by atoms with Gasteiger partial charge in [0, 0.05) is 11.1 Å². The van der Waals surface area contributed by atoms with E-state index in [2.05, 4.69) is 19.2 Å². The molecule has 1 saturated carbocycles. The Hall–Kier alpha value is -1.26. The standard InChI is InChI=1S/C17H21Cl2NO3/c1-10-4-3-5-15(11(10)2)20-16(21)9-23-17(22)13-8-12(18)6-7-14(13)19/h6-8,10-11,15H,3-5,9H2,1-2H3,(H,20,21)/t10-,11+,15+/m0/s1. The summed E-state index contributed by atoms with van der Waals surface area (Å²) in [5, 5.41) is 3.59. The lowest BCUT2D eigenvalue weighted by atomic mass is 9.78. The highest BCUT2D eigenvalue weighted by Crippen LogP contribution is 2.29. The van der Waals surface area contributed by atoms with Gasteiger partial charge in [-0.3, -0.25) is 4.79 Å². The molecule has 23 heavy (non-hydrogen) atoms. The van der Waals surface area contributed by atoms with Crippen molar-refractivity contribution in [2.45, 2.75) is 39.2 Å². The zero-order valence-corrected chi connectivity index (χ0v) is 14.8. The summed E-state index contributed by atoms with van der Waals surface area (Å²) in [6.07, 6.45) is 3.26. The summed E-state index contributed by atoms with van der Waals surface area (Å²) in [5.41, 5.74) is 0.159. The van der Waals surface area contributed by atoms with Crippen LogP contribution >= 0.6 is 23.2 Å². The van der Waals surface area contributed by atoms with Crippen LogP contribution in [0, 0.1) is 11.8 Å². The summed E-state index contributed by atoms with van der Waals surface area (Å²) in [6, 6.07) is 4.67. The van der Waals surface area contributed by atoms with Crippen molar-refractivity contribution in [1.82, 2.24) is 5.32 Å². The maximum Gasteiger partial charge on any atom is 0.340 e. The van der Waals surface area contributed by atoms with Gasteiger partial charge < -0.3 is 10.1 Å². The molecule has 1 amide bonds. The van der Waals surface area contributed by atoms with E-state index in [1.165, 1.54) is 18.6 Å². The number of nitrogens with one attached hydrogen (secondary N) is 1. The van der Waals surface area contributed by atoms with Crippen LogP contribution in [0.5, 0.6) is 0 Å². The monoisotopic (exact) mass is 357 g/mol. The van der Waals surface area contributed by atoms with Crippen molar-refractivity contribution >= 4 is 35.1 Å². The summed E-state index contributed by atoms with van der Waals surface area (Å²) in [4.78, 5) is 24.0. The minimum atomic E-state index is -0.655. The summed E-state index contributed by atoms with van der Waals surface area (Å²) >= 11 is 11.8. The Morgan fingerprint density at radius 1 is 1.26 bits per heavy atom. The van der Waals surface area contributed by atoms with Gasteiger partial charge in [-0.25, -0.2) is 4.79 Å². The molecular weight excluding hydrogens is 337 g/mol. The summed E-state index contributed by atoms with van der Waals surface area (Å²) in [6.45, 7) is 4.02. The van der Waals surface area contributed by atoms with E-state index in [-0.39, 0.29) is 29.1 Å². The van der Waals surface area contributed by atoms with E-state index in [0.29, 0.717) is 16.9 Å². The summed E-state index contributed by atoms with van der Waals surface area (Å²) in [7, 11) is 0. The Bertz CT molecular complexity index is 591. The Labute approximate surface area is 146 Å². The van der Waals surface area contributed by atoms with E-state index in [1.54, 1.807) is 6.07 Å². The van der Waals surface area contributed by atoms with Gasteiger partial charge in [-0.1, -0.05) is 49.9 Å². The highest BCUT2D eigenvalue weighted by atomic mass is 35.5. The number of hydrogen-bond acceptors (Lipinski definition) is 3. The van der Waals surface area contributed by atoms with Gasteiger partial charge in [0.2, 0.25) is 0 Å². The average Bonchev–Trinajstić information content (AvgIpc) is 2.52. The molecule has 0 radical (unpaired) electrons. The number of hydrogen-bond donors (Lipinski definition) is 1. The number of ether oxygens (including phenoxy) is 1. The summed E-state index contributed by atoms with van der Waals surface area (Å²) < 4.78 is 5.04. The SMILES string of the molecule is C[C@@H]1[C@@H](C)CCC[C@H]1NC(=O)COC(=O)c1cc(Cl)ccc1Cl. The molecule has 2 rings (SSSR count). The van der Waals surface area contributed by atoms with Crippen molar-refractivity contribution in [3.63, 3.8) is 0 Å². The Morgan fingerprint density at radius 2 is 2.00 bits per heavy atom. The average molecular weight is 358 g/mol. The first-order chi connectivity index (χ1) is 10.9. The van der Waals surface area contributed by atoms with E-state index in [1.807, 2.05) is 0 Å². The zero-order valence-electron chi connectivity index (χ0n) is 13.3. The van der Waals surface area contributed by atoms with Crippen LogP contribution in [-0.4, -0.2) is 24.5 Å². The van der Waals surface area contributed by atoms with Crippen LogP contribution in [0.15, 0.2) is 18.2 Å². The van der Waals surface area contributed by atoms with Crippen LogP contribution in [-0.2, 0) is 9.53 Å². The lowest BCUT2D eigenvalue weighted by molar-refractivity contribution is -0.125. The lowest BCUT2D eigenvalue weighted by Gasteiger charge is -2.34.